The molecule has 8 nitrogen and oxygen atoms in total. The van der Waals surface area contributed by atoms with Gasteiger partial charge < -0.3 is 18.9 Å². The number of allylic oxidation sites excluding steroid dienone is 6. The molecule has 0 heterocycles. The van der Waals surface area contributed by atoms with Crippen LogP contribution in [0, 0.1) is 0 Å². The van der Waals surface area contributed by atoms with Crippen molar-refractivity contribution in [3.8, 4) is 0 Å². The zero-order chi connectivity index (χ0) is 41.3. The maximum atomic E-state index is 12.7. The molecular weight excluding hydrogens is 721 g/mol. The van der Waals surface area contributed by atoms with Crippen molar-refractivity contribution >= 4 is 13.8 Å². The van der Waals surface area contributed by atoms with Gasteiger partial charge in [-0.2, -0.15) is 0 Å². The minimum absolute atomic E-state index is 0.0857. The van der Waals surface area contributed by atoms with Crippen LogP contribution in [0.25, 0.3) is 0 Å². The van der Waals surface area contributed by atoms with Gasteiger partial charge in [-0.15, -0.1) is 0 Å². The first kappa shape index (κ1) is 54.7. The third-order valence-corrected chi connectivity index (χ3v) is 10.9. The summed E-state index contributed by atoms with van der Waals surface area (Å²) in [6.45, 7) is 5.59. The van der Waals surface area contributed by atoms with Gasteiger partial charge in [0.2, 0.25) is 0 Å². The van der Waals surface area contributed by atoms with Gasteiger partial charge in [0.1, 0.15) is 19.3 Å². The van der Waals surface area contributed by atoms with E-state index in [1.165, 1.54) is 135 Å². The van der Waals surface area contributed by atoms with Crippen molar-refractivity contribution in [1.29, 1.82) is 0 Å². The molecule has 0 rings (SSSR count). The topological polar surface area (TPSA) is 91.3 Å². The van der Waals surface area contributed by atoms with Gasteiger partial charge in [-0.05, 0) is 70.6 Å². The van der Waals surface area contributed by atoms with Crippen LogP contribution in [0.1, 0.15) is 200 Å². The predicted molar refractivity (Wildman–Crippen MR) is 238 cm³/mol. The van der Waals surface area contributed by atoms with Crippen LogP contribution in [0.15, 0.2) is 36.5 Å². The van der Waals surface area contributed by atoms with E-state index in [1.807, 2.05) is 21.1 Å². The predicted octanol–water partition coefficient (Wildman–Crippen LogP) is 13.8. The van der Waals surface area contributed by atoms with Gasteiger partial charge >= 0.3 is 13.8 Å². The molecule has 0 saturated carbocycles. The molecule has 0 fully saturated rings. The van der Waals surface area contributed by atoms with Gasteiger partial charge in [0, 0.05) is 13.0 Å². The van der Waals surface area contributed by atoms with Gasteiger partial charge in [0.15, 0.2) is 0 Å². The molecule has 0 aliphatic heterocycles. The summed E-state index contributed by atoms with van der Waals surface area (Å²) in [6.07, 6.45) is 47.4. The van der Waals surface area contributed by atoms with Crippen molar-refractivity contribution in [3.63, 3.8) is 0 Å². The molecule has 330 valence electrons. The Morgan fingerprint density at radius 1 is 0.554 bits per heavy atom. The van der Waals surface area contributed by atoms with E-state index >= 15 is 0 Å². The average molecular weight is 813 g/mol. The minimum atomic E-state index is -4.28. The highest BCUT2D eigenvalue weighted by atomic mass is 31.2. The lowest BCUT2D eigenvalue weighted by molar-refractivity contribution is -0.870. The third kappa shape index (κ3) is 43.8. The summed E-state index contributed by atoms with van der Waals surface area (Å²) in [6, 6.07) is 0. The van der Waals surface area contributed by atoms with Crippen LogP contribution in [-0.2, 0) is 27.9 Å². The lowest BCUT2D eigenvalue weighted by Gasteiger charge is -2.24. The second kappa shape index (κ2) is 40.5. The highest BCUT2D eigenvalue weighted by Gasteiger charge is 2.26. The second-order valence-corrected chi connectivity index (χ2v) is 18.2. The number of ether oxygens (including phenoxy) is 2. The number of hydrogen-bond acceptors (Lipinski definition) is 6. The zero-order valence-corrected chi connectivity index (χ0v) is 38.3. The molecule has 2 atom stereocenters. The molecule has 0 aliphatic carbocycles. The monoisotopic (exact) mass is 813 g/mol. The first-order valence-corrected chi connectivity index (χ1v) is 24.7. The standard InChI is InChI=1S/C47H90NO7P/c1-6-8-10-12-14-16-18-20-22-24-26-28-30-32-34-36-38-40-47(49)55-46(45-54-56(50,51)53-43-41-48(3,4)5)44-52-42-39-37-35-33-31-29-27-25-23-21-19-17-15-13-11-9-7-2/h14,16,20,22-23,25,46H,6-13,15,17-19,21,24,26-45H2,1-5H3/p+1/b16-14-,22-20-,25-23-. The van der Waals surface area contributed by atoms with Crippen molar-refractivity contribution in [2.24, 2.45) is 0 Å². The summed E-state index contributed by atoms with van der Waals surface area (Å²) in [5.74, 6) is -0.323. The fourth-order valence-electron chi connectivity index (χ4n) is 6.28. The van der Waals surface area contributed by atoms with E-state index in [9.17, 15) is 14.3 Å². The van der Waals surface area contributed by atoms with E-state index in [0.717, 1.165) is 44.9 Å². The number of nitrogens with zero attached hydrogens (tertiary/aromatic N) is 1. The number of rotatable bonds is 43. The molecule has 1 N–H and O–H groups in total. The van der Waals surface area contributed by atoms with Gasteiger partial charge in [-0.1, -0.05) is 159 Å². The van der Waals surface area contributed by atoms with E-state index in [4.69, 9.17) is 18.5 Å². The summed E-state index contributed by atoms with van der Waals surface area (Å²) in [5.41, 5.74) is 0. The summed E-state index contributed by atoms with van der Waals surface area (Å²) >= 11 is 0. The molecule has 0 spiro atoms. The Bertz CT molecular complexity index is 994. The SMILES string of the molecule is CCCCC/C=C\C/C=C\CCCCCCCCCC(=O)OC(COCCCCCCCC/C=C\CCCCCCCCC)COP(=O)(O)OCC[N+](C)(C)C. The van der Waals surface area contributed by atoms with Gasteiger partial charge in [0.25, 0.3) is 0 Å². The fraction of sp³-hybridized carbons (Fsp3) is 0.851. The number of carbonyl (C=O) groups is 1. The van der Waals surface area contributed by atoms with E-state index in [2.05, 4.69) is 50.3 Å². The molecule has 56 heavy (non-hydrogen) atoms. The van der Waals surface area contributed by atoms with Crippen LogP contribution >= 0.6 is 7.82 Å². The molecule has 0 aromatic rings. The van der Waals surface area contributed by atoms with E-state index in [-0.39, 0.29) is 25.8 Å². The van der Waals surface area contributed by atoms with E-state index in [1.54, 1.807) is 0 Å². The number of carbonyl (C=O) groups excluding carboxylic acids is 1. The molecule has 0 aromatic carbocycles. The maximum absolute atomic E-state index is 12.7. The molecule has 0 amide bonds. The largest absolute Gasteiger partial charge is 0.472 e. The van der Waals surface area contributed by atoms with Gasteiger partial charge in [-0.25, -0.2) is 4.57 Å². The maximum Gasteiger partial charge on any atom is 0.472 e. The Hall–Kier alpha value is -1.28. The van der Waals surface area contributed by atoms with E-state index in [0.29, 0.717) is 24.1 Å². The highest BCUT2D eigenvalue weighted by molar-refractivity contribution is 7.47. The number of phosphoric ester groups is 1. The number of unbranched alkanes of at least 4 members (excludes halogenated alkanes) is 23. The number of quaternary nitrogens is 1. The van der Waals surface area contributed by atoms with Crippen LogP contribution in [0.3, 0.4) is 0 Å². The Morgan fingerprint density at radius 2 is 0.982 bits per heavy atom. The highest BCUT2D eigenvalue weighted by Crippen LogP contribution is 2.43. The molecule has 2 unspecified atom stereocenters. The Labute approximate surface area is 346 Å². The van der Waals surface area contributed by atoms with Crippen molar-refractivity contribution in [1.82, 2.24) is 0 Å². The normalized spacial score (nSPS) is 14.0. The van der Waals surface area contributed by atoms with Crippen molar-refractivity contribution in [2.75, 3.05) is 54.1 Å². The zero-order valence-electron chi connectivity index (χ0n) is 37.4. The number of phosphoric acid groups is 1. The number of esters is 1. The second-order valence-electron chi connectivity index (χ2n) is 16.8. The van der Waals surface area contributed by atoms with Crippen LogP contribution in [-0.4, -0.2) is 75.6 Å². The lowest BCUT2D eigenvalue weighted by atomic mass is 10.1. The minimum Gasteiger partial charge on any atom is -0.457 e. The van der Waals surface area contributed by atoms with Crippen LogP contribution in [0.4, 0.5) is 0 Å². The fourth-order valence-corrected chi connectivity index (χ4v) is 7.02. The number of hydrogen-bond donors (Lipinski definition) is 1. The molecular formula is C47H91NO7P+. The van der Waals surface area contributed by atoms with Crippen LogP contribution < -0.4 is 0 Å². The Morgan fingerprint density at radius 3 is 1.50 bits per heavy atom. The first-order valence-electron chi connectivity index (χ1n) is 23.2. The lowest BCUT2D eigenvalue weighted by Crippen LogP contribution is -2.37. The Kier molecular flexibility index (Phi) is 39.6. The number of likely N-dealkylation sites (N-methyl/N-ethyl adjacent to an activating group) is 1. The van der Waals surface area contributed by atoms with E-state index < -0.39 is 13.9 Å². The molecule has 0 aliphatic rings. The molecule has 0 saturated heterocycles. The summed E-state index contributed by atoms with van der Waals surface area (Å²) < 4.78 is 35.0. The molecule has 0 bridgehead atoms. The van der Waals surface area contributed by atoms with Crippen molar-refractivity contribution < 1.29 is 37.3 Å². The average Bonchev–Trinajstić information content (AvgIpc) is 3.15. The Balaban J connectivity index is 4.23. The molecule has 0 aromatic heterocycles. The summed E-state index contributed by atoms with van der Waals surface area (Å²) in [5, 5.41) is 0. The quantitative estimate of drug-likeness (QED) is 0.0215. The molecule has 9 heteroatoms. The smallest absolute Gasteiger partial charge is 0.457 e. The van der Waals surface area contributed by atoms with Crippen molar-refractivity contribution in [2.45, 2.75) is 206 Å². The van der Waals surface area contributed by atoms with Gasteiger partial charge in [0.05, 0.1) is 34.4 Å². The first-order chi connectivity index (χ1) is 27.1. The van der Waals surface area contributed by atoms with Crippen molar-refractivity contribution in [3.05, 3.63) is 36.5 Å². The van der Waals surface area contributed by atoms with Crippen LogP contribution in [0.5, 0.6) is 0 Å². The third-order valence-electron chi connectivity index (χ3n) is 9.92. The summed E-state index contributed by atoms with van der Waals surface area (Å²) in [7, 11) is 1.66. The van der Waals surface area contributed by atoms with Crippen LogP contribution in [0.2, 0.25) is 0 Å². The van der Waals surface area contributed by atoms with Gasteiger partial charge in [-0.3, -0.25) is 13.8 Å². The molecule has 0 radical (unpaired) electrons. The summed E-state index contributed by atoms with van der Waals surface area (Å²) in [4.78, 5) is 22.9.